The molecule has 0 amide bonds. The van der Waals surface area contributed by atoms with Gasteiger partial charge in [-0.3, -0.25) is 11.3 Å². The van der Waals surface area contributed by atoms with Crippen LogP contribution in [0, 0.1) is 5.92 Å². The molecule has 0 saturated carbocycles. The summed E-state index contributed by atoms with van der Waals surface area (Å²) in [6, 6.07) is 9.26. The zero-order chi connectivity index (χ0) is 13.8. The van der Waals surface area contributed by atoms with Crippen molar-refractivity contribution in [2.45, 2.75) is 57.1 Å². The van der Waals surface area contributed by atoms with Gasteiger partial charge in [0.2, 0.25) is 0 Å². The fourth-order valence-corrected chi connectivity index (χ4v) is 3.76. The van der Waals surface area contributed by atoms with Crippen molar-refractivity contribution in [3.8, 4) is 0 Å². The number of rotatable bonds is 5. The monoisotopic (exact) mass is 274 g/mol. The lowest BCUT2D eigenvalue weighted by atomic mass is 9.79. The Balaban J connectivity index is 1.56. The number of aryl methyl sites for hydroxylation is 1. The third-order valence-corrected chi connectivity index (χ3v) is 4.99. The topological polar surface area (TPSA) is 47.3 Å². The maximum absolute atomic E-state index is 5.82. The van der Waals surface area contributed by atoms with Crippen molar-refractivity contribution >= 4 is 0 Å². The van der Waals surface area contributed by atoms with Crippen LogP contribution in [0.2, 0.25) is 0 Å². The zero-order valence-electron chi connectivity index (χ0n) is 12.2. The molecule has 1 aromatic carbocycles. The summed E-state index contributed by atoms with van der Waals surface area (Å²) in [7, 11) is 0. The molecule has 1 aromatic rings. The van der Waals surface area contributed by atoms with Crippen molar-refractivity contribution in [2.75, 3.05) is 6.61 Å². The molecule has 0 radical (unpaired) electrons. The zero-order valence-corrected chi connectivity index (χ0v) is 12.2. The maximum Gasteiger partial charge on any atom is 0.0576 e. The highest BCUT2D eigenvalue weighted by Crippen LogP contribution is 2.29. The molecule has 0 bridgehead atoms. The van der Waals surface area contributed by atoms with Crippen LogP contribution in [0.4, 0.5) is 0 Å². The van der Waals surface area contributed by atoms with Gasteiger partial charge in [-0.05, 0) is 62.0 Å². The summed E-state index contributed by atoms with van der Waals surface area (Å²) in [5.41, 5.74) is 6.11. The molecule has 1 aliphatic carbocycles. The molecule has 3 N–H and O–H groups in total. The van der Waals surface area contributed by atoms with Gasteiger partial charge in [-0.1, -0.05) is 24.3 Å². The minimum atomic E-state index is 0.424. The molecule has 1 saturated heterocycles. The van der Waals surface area contributed by atoms with Crippen molar-refractivity contribution in [2.24, 2.45) is 11.8 Å². The Morgan fingerprint density at radius 1 is 1.25 bits per heavy atom. The molecule has 1 fully saturated rings. The number of ether oxygens (including phenoxy) is 1. The fourth-order valence-electron chi connectivity index (χ4n) is 3.76. The molecule has 3 unspecified atom stereocenters. The first-order valence-electron chi connectivity index (χ1n) is 8.01. The van der Waals surface area contributed by atoms with Crippen molar-refractivity contribution in [3.05, 3.63) is 35.4 Å². The van der Waals surface area contributed by atoms with E-state index in [1.54, 1.807) is 0 Å². The van der Waals surface area contributed by atoms with Crippen LogP contribution in [0.25, 0.3) is 0 Å². The smallest absolute Gasteiger partial charge is 0.0576 e. The van der Waals surface area contributed by atoms with Gasteiger partial charge < -0.3 is 4.74 Å². The Labute approximate surface area is 121 Å². The predicted octanol–water partition coefficient (Wildman–Crippen LogP) is 2.58. The average Bonchev–Trinajstić information content (AvgIpc) is 3.01. The Hall–Kier alpha value is -0.900. The van der Waals surface area contributed by atoms with Crippen LogP contribution >= 0.6 is 0 Å². The van der Waals surface area contributed by atoms with Crippen LogP contribution in [0.5, 0.6) is 0 Å². The second-order valence-electron chi connectivity index (χ2n) is 6.26. The molecule has 110 valence electrons. The average molecular weight is 274 g/mol. The molecule has 3 rings (SSSR count). The van der Waals surface area contributed by atoms with E-state index in [-0.39, 0.29) is 0 Å². The second kappa shape index (κ2) is 6.70. The van der Waals surface area contributed by atoms with Crippen molar-refractivity contribution < 1.29 is 4.74 Å². The van der Waals surface area contributed by atoms with E-state index in [2.05, 4.69) is 29.7 Å². The molecule has 0 aromatic heterocycles. The summed E-state index contributed by atoms with van der Waals surface area (Å²) in [6.45, 7) is 0.947. The summed E-state index contributed by atoms with van der Waals surface area (Å²) < 4.78 is 5.72. The number of nitrogens with two attached hydrogens (primary N) is 1. The quantitative estimate of drug-likeness (QED) is 0.641. The molecule has 1 aliphatic heterocycles. The summed E-state index contributed by atoms with van der Waals surface area (Å²) >= 11 is 0. The lowest BCUT2D eigenvalue weighted by Crippen LogP contribution is -2.43. The van der Waals surface area contributed by atoms with E-state index in [4.69, 9.17) is 10.6 Å². The Morgan fingerprint density at radius 3 is 2.85 bits per heavy atom. The molecule has 2 aliphatic rings. The highest BCUT2D eigenvalue weighted by Gasteiger charge is 2.26. The van der Waals surface area contributed by atoms with Gasteiger partial charge in [0.15, 0.2) is 0 Å². The number of hydrogen-bond acceptors (Lipinski definition) is 3. The third kappa shape index (κ3) is 3.22. The van der Waals surface area contributed by atoms with E-state index in [1.807, 2.05) is 0 Å². The van der Waals surface area contributed by atoms with Gasteiger partial charge in [0.05, 0.1) is 6.10 Å². The molecular formula is C17H26N2O. The summed E-state index contributed by atoms with van der Waals surface area (Å²) in [6.07, 6.45) is 8.81. The number of hydrazine groups is 1. The molecule has 3 atom stereocenters. The molecule has 1 heterocycles. The number of benzene rings is 1. The van der Waals surface area contributed by atoms with E-state index in [0.717, 1.165) is 25.9 Å². The van der Waals surface area contributed by atoms with E-state index < -0.39 is 0 Å². The first-order chi connectivity index (χ1) is 9.86. The van der Waals surface area contributed by atoms with Crippen LogP contribution in [-0.2, 0) is 17.6 Å². The van der Waals surface area contributed by atoms with Gasteiger partial charge in [-0.15, -0.1) is 0 Å². The van der Waals surface area contributed by atoms with Crippen LogP contribution in [0.3, 0.4) is 0 Å². The Morgan fingerprint density at radius 2 is 2.10 bits per heavy atom. The van der Waals surface area contributed by atoms with Crippen LogP contribution in [-0.4, -0.2) is 18.8 Å². The second-order valence-corrected chi connectivity index (χ2v) is 6.26. The van der Waals surface area contributed by atoms with Crippen LogP contribution in [0.15, 0.2) is 24.3 Å². The van der Waals surface area contributed by atoms with Crippen molar-refractivity contribution in [1.82, 2.24) is 5.43 Å². The summed E-state index contributed by atoms with van der Waals surface area (Å²) in [5.74, 6) is 6.48. The third-order valence-electron chi connectivity index (χ3n) is 4.99. The van der Waals surface area contributed by atoms with E-state index >= 15 is 0 Å². The fraction of sp³-hybridized carbons (Fsp3) is 0.647. The number of fused-ring (bicyclic) bond motifs is 1. The molecule has 3 heteroatoms. The first-order valence-corrected chi connectivity index (χ1v) is 8.01. The highest BCUT2D eigenvalue weighted by molar-refractivity contribution is 5.29. The maximum atomic E-state index is 5.82. The van der Waals surface area contributed by atoms with E-state index in [9.17, 15) is 0 Å². The van der Waals surface area contributed by atoms with E-state index in [0.29, 0.717) is 18.1 Å². The van der Waals surface area contributed by atoms with Gasteiger partial charge in [-0.2, -0.15) is 0 Å². The standard InChI is InChI=1S/C17H26N2O/c18-19-17(10-9-16-6-3-11-20-16)15-8-7-13-4-1-2-5-14(13)12-15/h1-2,4-5,15-17,19H,3,6-12,18H2. The summed E-state index contributed by atoms with van der Waals surface area (Å²) in [4.78, 5) is 0. The normalized spacial score (nSPS) is 27.2. The van der Waals surface area contributed by atoms with Gasteiger partial charge in [-0.25, -0.2) is 0 Å². The molecule has 0 spiro atoms. The summed E-state index contributed by atoms with van der Waals surface area (Å²) in [5, 5.41) is 0. The van der Waals surface area contributed by atoms with E-state index in [1.165, 1.54) is 36.8 Å². The predicted molar refractivity (Wildman–Crippen MR) is 81.3 cm³/mol. The SMILES string of the molecule is NNC(CCC1CCCO1)C1CCc2ccccc2C1. The van der Waals surface area contributed by atoms with Crippen molar-refractivity contribution in [3.63, 3.8) is 0 Å². The van der Waals surface area contributed by atoms with Crippen LogP contribution < -0.4 is 11.3 Å². The van der Waals surface area contributed by atoms with Crippen molar-refractivity contribution in [1.29, 1.82) is 0 Å². The number of hydrogen-bond donors (Lipinski definition) is 2. The van der Waals surface area contributed by atoms with Crippen LogP contribution in [0.1, 0.15) is 43.2 Å². The van der Waals surface area contributed by atoms with Gasteiger partial charge >= 0.3 is 0 Å². The van der Waals surface area contributed by atoms with Gasteiger partial charge in [0.25, 0.3) is 0 Å². The van der Waals surface area contributed by atoms with Gasteiger partial charge in [0, 0.05) is 12.6 Å². The largest absolute Gasteiger partial charge is 0.378 e. The first kappa shape index (κ1) is 14.1. The number of nitrogens with one attached hydrogen (secondary N) is 1. The minimum Gasteiger partial charge on any atom is -0.378 e. The molecule has 3 nitrogen and oxygen atoms in total. The lowest BCUT2D eigenvalue weighted by Gasteiger charge is -2.31. The minimum absolute atomic E-state index is 0.424. The Kier molecular flexibility index (Phi) is 4.71. The molecular weight excluding hydrogens is 248 g/mol. The highest BCUT2D eigenvalue weighted by atomic mass is 16.5. The lowest BCUT2D eigenvalue weighted by molar-refractivity contribution is 0.0965. The van der Waals surface area contributed by atoms with Gasteiger partial charge in [0.1, 0.15) is 0 Å². The molecule has 20 heavy (non-hydrogen) atoms. The Bertz CT molecular complexity index is 429.